The number of hydrogen-bond donors (Lipinski definition) is 2. The molecule has 1 rings (SSSR count). The molecule has 2 N–H and O–H groups in total. The van der Waals surface area contributed by atoms with Crippen LogP contribution in [0.5, 0.6) is 0 Å². The summed E-state index contributed by atoms with van der Waals surface area (Å²) >= 11 is 0. The van der Waals surface area contributed by atoms with Crippen molar-refractivity contribution in [1.29, 1.82) is 0 Å². The normalized spacial score (nSPS) is 13.5. The van der Waals surface area contributed by atoms with E-state index in [1.54, 1.807) is 12.1 Å². The van der Waals surface area contributed by atoms with Crippen molar-refractivity contribution >= 4 is 5.96 Å². The summed E-state index contributed by atoms with van der Waals surface area (Å²) in [4.78, 5) is 7.05. The van der Waals surface area contributed by atoms with Crippen LogP contribution in [-0.2, 0) is 17.9 Å². The fraction of sp³-hybridized carbons (Fsp3) is 0.682. The predicted molar refractivity (Wildman–Crippen MR) is 117 cm³/mol. The summed E-state index contributed by atoms with van der Waals surface area (Å²) in [5.74, 6) is 0.769. The zero-order valence-electron chi connectivity index (χ0n) is 18.7. The molecule has 0 heterocycles. The van der Waals surface area contributed by atoms with Crippen molar-refractivity contribution in [3.05, 3.63) is 35.4 Å². The second-order valence-corrected chi connectivity index (χ2v) is 7.33. The van der Waals surface area contributed by atoms with E-state index in [0.29, 0.717) is 18.2 Å². The molecular weight excluding hydrogens is 393 g/mol. The fourth-order valence-electron chi connectivity index (χ4n) is 2.98. The summed E-state index contributed by atoms with van der Waals surface area (Å²) in [6.45, 7) is 11.8. The predicted octanol–water partition coefficient (Wildman–Crippen LogP) is 4.33. The van der Waals surface area contributed by atoms with Crippen LogP contribution in [0.2, 0.25) is 0 Å². The first-order valence-electron chi connectivity index (χ1n) is 10.8. The van der Waals surface area contributed by atoms with Gasteiger partial charge in [-0.05, 0) is 57.5 Å². The third-order valence-corrected chi connectivity index (χ3v) is 4.71. The van der Waals surface area contributed by atoms with Gasteiger partial charge >= 0.3 is 6.18 Å². The number of guanidine groups is 1. The highest BCUT2D eigenvalue weighted by Crippen LogP contribution is 2.16. The van der Waals surface area contributed by atoms with Crippen LogP contribution >= 0.6 is 0 Å². The van der Waals surface area contributed by atoms with Crippen LogP contribution < -0.4 is 10.6 Å². The lowest BCUT2D eigenvalue weighted by Crippen LogP contribution is -2.42. The topological polar surface area (TPSA) is 48.9 Å². The highest BCUT2D eigenvalue weighted by Gasteiger charge is 2.27. The molecule has 0 amide bonds. The number of benzene rings is 1. The number of nitrogens with one attached hydrogen (secondary N) is 2. The number of halogens is 3. The molecule has 1 unspecified atom stereocenters. The van der Waals surface area contributed by atoms with Crippen LogP contribution in [0.15, 0.2) is 29.3 Å². The van der Waals surface area contributed by atoms with Crippen LogP contribution in [0.1, 0.15) is 51.7 Å². The largest absolute Gasteiger partial charge is 0.411 e. The molecule has 1 atom stereocenters. The first-order chi connectivity index (χ1) is 14.3. The van der Waals surface area contributed by atoms with Gasteiger partial charge in [0.05, 0.1) is 13.2 Å². The molecule has 30 heavy (non-hydrogen) atoms. The van der Waals surface area contributed by atoms with Gasteiger partial charge in [-0.1, -0.05) is 38.1 Å². The number of rotatable bonds is 13. The van der Waals surface area contributed by atoms with Crippen molar-refractivity contribution in [2.45, 2.75) is 65.9 Å². The molecule has 0 bridgehead atoms. The zero-order valence-corrected chi connectivity index (χ0v) is 18.7. The Bertz CT molecular complexity index is 601. The summed E-state index contributed by atoms with van der Waals surface area (Å²) in [7, 11) is 0. The molecule has 0 fully saturated rings. The van der Waals surface area contributed by atoms with Gasteiger partial charge in [0, 0.05) is 12.6 Å². The molecule has 0 aliphatic carbocycles. The zero-order chi connectivity index (χ0) is 22.4. The second kappa shape index (κ2) is 14.2. The minimum absolute atomic E-state index is 0.0573. The molecular formula is C22H37F3N4O. The lowest BCUT2D eigenvalue weighted by molar-refractivity contribution is -0.176. The SMILES string of the molecule is CCNC(=NCc1ccc(COCC(F)(F)F)cc1)NC(C)CCCN(CC)CC. The molecule has 1 aromatic rings. The number of aliphatic imine (C=N–C) groups is 1. The highest BCUT2D eigenvalue weighted by molar-refractivity contribution is 5.80. The molecule has 0 aliphatic heterocycles. The fourth-order valence-corrected chi connectivity index (χ4v) is 2.98. The second-order valence-electron chi connectivity index (χ2n) is 7.33. The van der Waals surface area contributed by atoms with Crippen LogP contribution in [0, 0.1) is 0 Å². The average Bonchev–Trinajstić information content (AvgIpc) is 2.69. The van der Waals surface area contributed by atoms with E-state index in [9.17, 15) is 13.2 Å². The summed E-state index contributed by atoms with van der Waals surface area (Å²) in [5, 5.41) is 6.71. The molecule has 0 saturated carbocycles. The molecule has 5 nitrogen and oxygen atoms in total. The van der Waals surface area contributed by atoms with E-state index in [1.165, 1.54) is 0 Å². The van der Waals surface area contributed by atoms with Crippen LogP contribution in [-0.4, -0.2) is 55.9 Å². The Morgan fingerprint density at radius 3 is 2.30 bits per heavy atom. The Morgan fingerprint density at radius 2 is 1.73 bits per heavy atom. The van der Waals surface area contributed by atoms with Crippen molar-refractivity contribution in [2.75, 3.05) is 32.8 Å². The van der Waals surface area contributed by atoms with E-state index >= 15 is 0 Å². The third-order valence-electron chi connectivity index (χ3n) is 4.71. The van der Waals surface area contributed by atoms with Crippen LogP contribution in [0.4, 0.5) is 13.2 Å². The van der Waals surface area contributed by atoms with E-state index in [2.05, 4.69) is 46.0 Å². The molecule has 0 spiro atoms. The Morgan fingerprint density at radius 1 is 1.10 bits per heavy atom. The van der Waals surface area contributed by atoms with Crippen LogP contribution in [0.3, 0.4) is 0 Å². The van der Waals surface area contributed by atoms with Crippen molar-refractivity contribution in [3.8, 4) is 0 Å². The maximum absolute atomic E-state index is 12.1. The van der Waals surface area contributed by atoms with Crippen LogP contribution in [0.25, 0.3) is 0 Å². The Hall–Kier alpha value is -1.80. The highest BCUT2D eigenvalue weighted by atomic mass is 19.4. The summed E-state index contributed by atoms with van der Waals surface area (Å²) in [5.41, 5.74) is 1.69. The van der Waals surface area contributed by atoms with E-state index in [4.69, 9.17) is 0 Å². The monoisotopic (exact) mass is 430 g/mol. The van der Waals surface area contributed by atoms with Crippen molar-refractivity contribution in [2.24, 2.45) is 4.99 Å². The first-order valence-corrected chi connectivity index (χ1v) is 10.8. The van der Waals surface area contributed by atoms with E-state index < -0.39 is 12.8 Å². The van der Waals surface area contributed by atoms with Crippen molar-refractivity contribution in [1.82, 2.24) is 15.5 Å². The molecule has 8 heteroatoms. The number of hydrogen-bond acceptors (Lipinski definition) is 3. The van der Waals surface area contributed by atoms with Gasteiger partial charge in [-0.25, -0.2) is 4.99 Å². The first kappa shape index (κ1) is 26.2. The Labute approximate surface area is 179 Å². The van der Waals surface area contributed by atoms with Gasteiger partial charge in [-0.15, -0.1) is 0 Å². The maximum atomic E-state index is 12.1. The Balaban J connectivity index is 2.49. The maximum Gasteiger partial charge on any atom is 0.411 e. The number of alkyl halides is 3. The minimum atomic E-state index is -4.30. The van der Waals surface area contributed by atoms with E-state index in [-0.39, 0.29) is 6.61 Å². The molecule has 0 aromatic heterocycles. The van der Waals surface area contributed by atoms with Gasteiger partial charge < -0.3 is 20.3 Å². The van der Waals surface area contributed by atoms with Gasteiger partial charge in [-0.2, -0.15) is 13.2 Å². The van der Waals surface area contributed by atoms with Gasteiger partial charge in [0.2, 0.25) is 0 Å². The minimum Gasteiger partial charge on any atom is -0.367 e. The van der Waals surface area contributed by atoms with Gasteiger partial charge in [0.15, 0.2) is 5.96 Å². The number of ether oxygens (including phenoxy) is 1. The number of nitrogens with zero attached hydrogens (tertiary/aromatic N) is 2. The van der Waals surface area contributed by atoms with E-state index in [0.717, 1.165) is 50.5 Å². The summed E-state index contributed by atoms with van der Waals surface area (Å²) in [6, 6.07) is 7.60. The molecule has 172 valence electrons. The molecule has 0 saturated heterocycles. The standard InChI is InChI=1S/C22H37F3N4O/c1-5-26-21(28-18(4)9-8-14-29(6-2)7-3)27-15-19-10-12-20(13-11-19)16-30-17-22(23,24)25/h10-13,18H,5-9,14-17H2,1-4H3,(H2,26,27,28). The van der Waals surface area contributed by atoms with Gasteiger partial charge in [0.25, 0.3) is 0 Å². The van der Waals surface area contributed by atoms with Gasteiger partial charge in [-0.3, -0.25) is 0 Å². The molecule has 0 aliphatic rings. The summed E-state index contributed by atoms with van der Waals surface area (Å²) in [6.07, 6.45) is -2.10. The van der Waals surface area contributed by atoms with Crippen molar-refractivity contribution in [3.63, 3.8) is 0 Å². The van der Waals surface area contributed by atoms with Gasteiger partial charge in [0.1, 0.15) is 6.61 Å². The lowest BCUT2D eigenvalue weighted by atomic mass is 10.1. The average molecular weight is 431 g/mol. The Kier molecular flexibility index (Phi) is 12.5. The molecule has 1 aromatic carbocycles. The molecule has 0 radical (unpaired) electrons. The van der Waals surface area contributed by atoms with Crippen molar-refractivity contribution < 1.29 is 17.9 Å². The third kappa shape index (κ3) is 12.0. The van der Waals surface area contributed by atoms with E-state index in [1.807, 2.05) is 19.1 Å². The quantitative estimate of drug-likeness (QED) is 0.361. The smallest absolute Gasteiger partial charge is 0.367 e. The lowest BCUT2D eigenvalue weighted by Gasteiger charge is -2.21. The summed E-state index contributed by atoms with van der Waals surface area (Å²) < 4.78 is 41.1.